The van der Waals surface area contributed by atoms with Crippen molar-refractivity contribution in [2.24, 2.45) is 0 Å². The zero-order valence-corrected chi connectivity index (χ0v) is 13.3. The molecule has 2 aliphatic rings. The van der Waals surface area contributed by atoms with Crippen LogP contribution in [0.1, 0.15) is 12.0 Å². The van der Waals surface area contributed by atoms with Gasteiger partial charge in [-0.1, -0.05) is 18.2 Å². The molecule has 3 heterocycles. The summed E-state index contributed by atoms with van der Waals surface area (Å²) in [5, 5.41) is 16.3. The first-order valence-electron chi connectivity index (χ1n) is 7.85. The molecule has 0 bridgehead atoms. The number of rotatable bonds is 2. The van der Waals surface area contributed by atoms with E-state index in [-0.39, 0.29) is 25.6 Å². The molecule has 1 aromatic carbocycles. The van der Waals surface area contributed by atoms with Gasteiger partial charge in [-0.3, -0.25) is 9.69 Å². The minimum Gasteiger partial charge on any atom is -0.426 e. The second kappa shape index (κ2) is 5.63. The molecule has 25 heavy (non-hydrogen) atoms. The van der Waals surface area contributed by atoms with E-state index < -0.39 is 17.6 Å². The molecule has 0 saturated carbocycles. The Morgan fingerprint density at radius 3 is 3.04 bits per heavy atom. The predicted octanol–water partition coefficient (Wildman–Crippen LogP) is 1.47. The average Bonchev–Trinajstić information content (AvgIpc) is 3.33. The number of aromatic nitrogens is 2. The number of carbonyl (C=O) groups excluding carboxylic acids is 2. The molecule has 8 heteroatoms. The molecule has 2 aromatic rings. The molecule has 8 nitrogen and oxygen atoms in total. The van der Waals surface area contributed by atoms with Gasteiger partial charge in [-0.15, -0.1) is 0 Å². The zero-order valence-electron chi connectivity index (χ0n) is 13.3. The summed E-state index contributed by atoms with van der Waals surface area (Å²) in [5.41, 5.74) is 0.653. The van der Waals surface area contributed by atoms with Crippen LogP contribution in [0.2, 0.25) is 0 Å². The molecule has 0 aliphatic carbocycles. The zero-order chi connectivity index (χ0) is 17.4. The van der Waals surface area contributed by atoms with Gasteiger partial charge < -0.3 is 10.1 Å². The topological polar surface area (TPSA) is 100 Å². The van der Waals surface area contributed by atoms with E-state index in [1.165, 1.54) is 9.58 Å². The molecular formula is C17H15N5O3. The van der Waals surface area contributed by atoms with Crippen molar-refractivity contribution in [3.05, 3.63) is 48.3 Å². The van der Waals surface area contributed by atoms with E-state index in [2.05, 4.69) is 16.5 Å². The summed E-state index contributed by atoms with van der Waals surface area (Å²) in [6, 6.07) is 10.5. The van der Waals surface area contributed by atoms with Gasteiger partial charge in [0.25, 0.3) is 0 Å². The molecule has 1 saturated heterocycles. The van der Waals surface area contributed by atoms with Gasteiger partial charge in [0.15, 0.2) is 6.73 Å². The number of para-hydroxylation sites is 1. The molecule has 2 amide bonds. The lowest BCUT2D eigenvalue weighted by Crippen LogP contribution is -2.40. The van der Waals surface area contributed by atoms with Crippen LogP contribution in [0.25, 0.3) is 0 Å². The minimum atomic E-state index is -0.901. The number of benzene rings is 1. The highest BCUT2D eigenvalue weighted by Gasteiger charge is 2.56. The van der Waals surface area contributed by atoms with Crippen LogP contribution in [-0.4, -0.2) is 39.3 Å². The van der Waals surface area contributed by atoms with E-state index in [4.69, 9.17) is 4.74 Å². The number of amides is 2. The van der Waals surface area contributed by atoms with Crippen LogP contribution in [0.3, 0.4) is 0 Å². The summed E-state index contributed by atoms with van der Waals surface area (Å²) in [6.45, 7) is 0.0717. The summed E-state index contributed by atoms with van der Waals surface area (Å²) in [6.07, 6.45) is 2.87. The van der Waals surface area contributed by atoms with Crippen LogP contribution in [0.4, 0.5) is 10.5 Å². The van der Waals surface area contributed by atoms with Gasteiger partial charge in [0, 0.05) is 31.0 Å². The third kappa shape index (κ3) is 2.32. The average molecular weight is 337 g/mol. The van der Waals surface area contributed by atoms with Gasteiger partial charge in [0.2, 0.25) is 5.91 Å². The molecule has 2 aliphatic heterocycles. The Balaban J connectivity index is 1.58. The van der Waals surface area contributed by atoms with Crippen LogP contribution in [-0.2, 0) is 21.7 Å². The molecule has 1 aromatic heterocycles. The van der Waals surface area contributed by atoms with E-state index in [1.807, 2.05) is 24.3 Å². The molecule has 1 fully saturated rings. The lowest BCUT2D eigenvalue weighted by Gasteiger charge is -2.22. The van der Waals surface area contributed by atoms with E-state index in [0.29, 0.717) is 0 Å². The normalized spacial score (nSPS) is 24.0. The maximum atomic E-state index is 12.6. The monoisotopic (exact) mass is 337 g/mol. The van der Waals surface area contributed by atoms with E-state index in [1.54, 1.807) is 18.5 Å². The van der Waals surface area contributed by atoms with Crippen molar-refractivity contribution >= 4 is 17.7 Å². The Labute approximate surface area is 143 Å². The summed E-state index contributed by atoms with van der Waals surface area (Å²) >= 11 is 0. The lowest BCUT2D eigenvalue weighted by molar-refractivity contribution is -0.120. The number of ether oxygens (including phenoxy) is 1. The third-order valence-electron chi connectivity index (χ3n) is 4.75. The maximum absolute atomic E-state index is 12.6. The number of nitrogens with one attached hydrogen (secondary N) is 1. The molecule has 126 valence electrons. The first-order chi connectivity index (χ1) is 12.1. The molecule has 0 radical (unpaired) electrons. The Hall–Kier alpha value is -3.34. The van der Waals surface area contributed by atoms with Crippen molar-refractivity contribution in [2.45, 2.75) is 24.6 Å². The maximum Gasteiger partial charge on any atom is 0.412 e. The number of hydrogen-bond acceptors (Lipinski definition) is 5. The van der Waals surface area contributed by atoms with Crippen molar-refractivity contribution in [2.75, 3.05) is 11.9 Å². The molecule has 1 N–H and O–H groups in total. The SMILES string of the molecule is N#C[C@@H]1C[C@@]2(CN1C(=O)OCn1cccn1)C(=O)Nc1ccccc12. The highest BCUT2D eigenvalue weighted by Crippen LogP contribution is 2.46. The largest absolute Gasteiger partial charge is 0.426 e. The summed E-state index contributed by atoms with van der Waals surface area (Å²) < 4.78 is 6.69. The van der Waals surface area contributed by atoms with Crippen LogP contribution in [0.5, 0.6) is 0 Å². The van der Waals surface area contributed by atoms with Gasteiger partial charge in [-0.05, 0) is 17.7 Å². The van der Waals surface area contributed by atoms with Gasteiger partial charge in [-0.25, -0.2) is 9.48 Å². The predicted molar refractivity (Wildman–Crippen MR) is 86.2 cm³/mol. The Kier molecular flexibility index (Phi) is 3.42. The Bertz CT molecular complexity index is 873. The van der Waals surface area contributed by atoms with E-state index >= 15 is 0 Å². The van der Waals surface area contributed by atoms with Crippen LogP contribution < -0.4 is 5.32 Å². The fraction of sp³-hybridized carbons (Fsp3) is 0.294. The number of likely N-dealkylation sites (tertiary alicyclic amines) is 1. The number of nitrogens with zero attached hydrogens (tertiary/aromatic N) is 4. The molecular weight excluding hydrogens is 322 g/mol. The quantitative estimate of drug-likeness (QED) is 0.894. The minimum absolute atomic E-state index is 0.0454. The number of fused-ring (bicyclic) bond motifs is 2. The van der Waals surface area contributed by atoms with Crippen molar-refractivity contribution in [3.8, 4) is 6.07 Å². The van der Waals surface area contributed by atoms with E-state index in [9.17, 15) is 14.9 Å². The van der Waals surface area contributed by atoms with Crippen LogP contribution in [0, 0.1) is 11.3 Å². The fourth-order valence-corrected chi connectivity index (χ4v) is 3.53. The standard InChI is InChI=1S/C17H15N5O3/c18-9-12-8-17(13-4-1-2-5-14(13)20-15(17)23)10-22(12)16(24)25-11-21-7-3-6-19-21/h1-7,12H,8,10-11H2,(H,20,23)/t12-,17-/m0/s1. The summed E-state index contributed by atoms with van der Waals surface area (Å²) in [4.78, 5) is 26.4. The molecule has 4 rings (SSSR count). The van der Waals surface area contributed by atoms with Crippen molar-refractivity contribution in [3.63, 3.8) is 0 Å². The number of anilines is 1. The highest BCUT2D eigenvalue weighted by molar-refractivity contribution is 6.07. The first kappa shape index (κ1) is 15.2. The van der Waals surface area contributed by atoms with E-state index in [0.717, 1.165) is 11.3 Å². The number of hydrogen-bond donors (Lipinski definition) is 1. The Morgan fingerprint density at radius 1 is 1.44 bits per heavy atom. The van der Waals surface area contributed by atoms with Crippen molar-refractivity contribution in [1.29, 1.82) is 5.26 Å². The third-order valence-corrected chi connectivity index (χ3v) is 4.75. The van der Waals surface area contributed by atoms with Crippen LogP contribution in [0.15, 0.2) is 42.7 Å². The Morgan fingerprint density at radius 2 is 2.28 bits per heavy atom. The molecule has 0 unspecified atom stereocenters. The first-order valence-corrected chi connectivity index (χ1v) is 7.85. The second-order valence-electron chi connectivity index (χ2n) is 6.14. The lowest BCUT2D eigenvalue weighted by atomic mass is 9.80. The smallest absolute Gasteiger partial charge is 0.412 e. The number of nitriles is 1. The van der Waals surface area contributed by atoms with Crippen molar-refractivity contribution < 1.29 is 14.3 Å². The fourth-order valence-electron chi connectivity index (χ4n) is 3.53. The van der Waals surface area contributed by atoms with Gasteiger partial charge >= 0.3 is 6.09 Å². The molecule has 2 atom stereocenters. The van der Waals surface area contributed by atoms with Gasteiger partial charge in [0.05, 0.1) is 11.5 Å². The summed E-state index contributed by atoms with van der Waals surface area (Å²) in [7, 11) is 0. The molecule has 1 spiro atoms. The number of carbonyl (C=O) groups is 2. The van der Waals surface area contributed by atoms with Crippen molar-refractivity contribution in [1.82, 2.24) is 14.7 Å². The second-order valence-corrected chi connectivity index (χ2v) is 6.14. The van der Waals surface area contributed by atoms with Crippen LogP contribution >= 0.6 is 0 Å². The van der Waals surface area contributed by atoms with Gasteiger partial charge in [-0.2, -0.15) is 10.4 Å². The highest BCUT2D eigenvalue weighted by atomic mass is 16.6. The van der Waals surface area contributed by atoms with Gasteiger partial charge in [0.1, 0.15) is 6.04 Å². The summed E-state index contributed by atoms with van der Waals surface area (Å²) in [5.74, 6) is -0.184.